The van der Waals surface area contributed by atoms with Crippen LogP contribution in [0, 0.1) is 0 Å². The number of rotatable bonds is 2. The van der Waals surface area contributed by atoms with Gasteiger partial charge in [-0.15, -0.1) is 0 Å². The molecule has 4 nitrogen and oxygen atoms in total. The lowest BCUT2D eigenvalue weighted by molar-refractivity contribution is -0.110. The molecule has 1 aromatic rings. The fraction of sp³-hybridized carbons (Fsp3) is 0.286. The highest BCUT2D eigenvalue weighted by molar-refractivity contribution is 6.32. The average molecular weight is 244 g/mol. The third-order valence-corrected chi connectivity index (χ3v) is 3.20. The number of Topliss-reactive ketones (excluding diaryl/α,β-unsaturated/α-hetero) is 1. The Bertz CT molecular complexity index is 571. The van der Waals surface area contributed by atoms with Gasteiger partial charge < -0.3 is 10.2 Å². The summed E-state index contributed by atoms with van der Waals surface area (Å²) in [6.07, 6.45) is 0. The zero-order valence-corrected chi connectivity index (χ0v) is 11.0. The second-order valence-electron chi connectivity index (χ2n) is 4.63. The van der Waals surface area contributed by atoms with Crippen LogP contribution >= 0.6 is 0 Å². The number of nitrogens with zero attached hydrogens (tertiary/aromatic N) is 1. The van der Waals surface area contributed by atoms with E-state index in [1.54, 1.807) is 18.2 Å². The molecule has 0 atom stereocenters. The Labute approximate surface area is 106 Å². The molecule has 1 N–H and O–H groups in total. The monoisotopic (exact) mass is 244 g/mol. The van der Waals surface area contributed by atoms with Crippen LogP contribution in [0.2, 0.25) is 0 Å². The van der Waals surface area contributed by atoms with Gasteiger partial charge in [-0.2, -0.15) is 0 Å². The summed E-state index contributed by atoms with van der Waals surface area (Å²) in [5.41, 5.74) is 3.71. The summed E-state index contributed by atoms with van der Waals surface area (Å²) in [4.78, 5) is 25.3. The molecule has 0 fully saturated rings. The maximum Gasteiger partial charge on any atom is 0.258 e. The minimum atomic E-state index is -0.114. The van der Waals surface area contributed by atoms with Gasteiger partial charge in [0.1, 0.15) is 0 Å². The van der Waals surface area contributed by atoms with Crippen molar-refractivity contribution in [3.63, 3.8) is 0 Å². The lowest BCUT2D eigenvalue weighted by Crippen LogP contribution is -2.14. The summed E-state index contributed by atoms with van der Waals surface area (Å²) in [6.45, 7) is 3.42. The molecule has 0 aliphatic carbocycles. The molecule has 4 heteroatoms. The van der Waals surface area contributed by atoms with Crippen LogP contribution in [0.15, 0.2) is 23.9 Å². The van der Waals surface area contributed by atoms with Gasteiger partial charge in [0.05, 0.1) is 5.57 Å². The fourth-order valence-corrected chi connectivity index (χ4v) is 1.97. The van der Waals surface area contributed by atoms with Crippen LogP contribution in [0.3, 0.4) is 0 Å². The molecule has 1 aliphatic rings. The molecule has 0 saturated carbocycles. The standard InChI is InChI=1S/C14H16N2O2/c1-8(16(3)4)13-11-7-10(9(2)17)5-6-12(11)15-14(13)18/h5-7H,1-4H3,(H,15,18)/b13-8-. The molecule has 0 saturated heterocycles. The molecule has 1 heterocycles. The van der Waals surface area contributed by atoms with E-state index in [9.17, 15) is 9.59 Å². The topological polar surface area (TPSA) is 49.4 Å². The van der Waals surface area contributed by atoms with Gasteiger partial charge in [-0.3, -0.25) is 9.59 Å². The number of hydrogen-bond acceptors (Lipinski definition) is 3. The van der Waals surface area contributed by atoms with Gasteiger partial charge in [0.25, 0.3) is 5.91 Å². The van der Waals surface area contributed by atoms with Gasteiger partial charge in [-0.1, -0.05) is 0 Å². The average Bonchev–Trinajstić information content (AvgIpc) is 2.62. The van der Waals surface area contributed by atoms with Gasteiger partial charge in [-0.25, -0.2) is 0 Å². The van der Waals surface area contributed by atoms with Gasteiger partial charge >= 0.3 is 0 Å². The quantitative estimate of drug-likeness (QED) is 0.640. The number of anilines is 1. The minimum absolute atomic E-state index is 0.000921. The maximum absolute atomic E-state index is 12.0. The number of benzene rings is 1. The number of hydrogen-bond donors (Lipinski definition) is 1. The Morgan fingerprint density at radius 2 is 1.89 bits per heavy atom. The molecule has 2 rings (SSSR count). The lowest BCUT2D eigenvalue weighted by atomic mass is 10.0. The molecule has 1 aliphatic heterocycles. The van der Waals surface area contributed by atoms with Crippen LogP contribution in [0.4, 0.5) is 5.69 Å². The first-order valence-corrected chi connectivity index (χ1v) is 5.76. The summed E-state index contributed by atoms with van der Waals surface area (Å²) in [5.74, 6) is -0.115. The Morgan fingerprint density at radius 1 is 1.22 bits per heavy atom. The highest BCUT2D eigenvalue weighted by Crippen LogP contribution is 2.34. The summed E-state index contributed by atoms with van der Waals surface area (Å²) < 4.78 is 0. The Balaban J connectivity index is 2.63. The molecule has 94 valence electrons. The number of carbonyl (C=O) groups is 2. The highest BCUT2D eigenvalue weighted by Gasteiger charge is 2.27. The summed E-state index contributed by atoms with van der Waals surface area (Å²) in [6, 6.07) is 5.28. The molecule has 0 bridgehead atoms. The first kappa shape index (κ1) is 12.4. The van der Waals surface area contributed by atoms with Crippen LogP contribution < -0.4 is 5.32 Å². The van der Waals surface area contributed by atoms with Gasteiger partial charge in [0.15, 0.2) is 5.78 Å². The van der Waals surface area contributed by atoms with Crippen molar-refractivity contribution in [1.82, 2.24) is 4.90 Å². The minimum Gasteiger partial charge on any atom is -0.381 e. The Hall–Kier alpha value is -2.10. The van der Waals surface area contributed by atoms with Crippen LogP contribution in [-0.4, -0.2) is 30.7 Å². The van der Waals surface area contributed by atoms with Crippen molar-refractivity contribution in [2.75, 3.05) is 19.4 Å². The molecular formula is C14H16N2O2. The van der Waals surface area contributed by atoms with E-state index in [0.717, 1.165) is 16.9 Å². The van der Waals surface area contributed by atoms with Gasteiger partial charge in [-0.05, 0) is 32.0 Å². The normalized spacial score (nSPS) is 16.1. The molecule has 0 spiro atoms. The zero-order valence-electron chi connectivity index (χ0n) is 11.0. The Morgan fingerprint density at radius 3 is 2.44 bits per heavy atom. The third kappa shape index (κ3) is 1.90. The van der Waals surface area contributed by atoms with Crippen LogP contribution in [0.5, 0.6) is 0 Å². The van der Waals surface area contributed by atoms with E-state index in [2.05, 4.69) is 5.32 Å². The largest absolute Gasteiger partial charge is 0.381 e. The van der Waals surface area contributed by atoms with Gasteiger partial charge in [0, 0.05) is 36.6 Å². The third-order valence-electron chi connectivity index (χ3n) is 3.20. The van der Waals surface area contributed by atoms with Crippen molar-refractivity contribution in [2.45, 2.75) is 13.8 Å². The maximum atomic E-state index is 12.0. The lowest BCUT2D eigenvalue weighted by Gasteiger charge is -2.15. The van der Waals surface area contributed by atoms with E-state index >= 15 is 0 Å². The first-order valence-electron chi connectivity index (χ1n) is 5.76. The molecule has 1 aromatic carbocycles. The van der Waals surface area contributed by atoms with E-state index in [1.807, 2.05) is 25.9 Å². The van der Waals surface area contributed by atoms with E-state index in [1.165, 1.54) is 6.92 Å². The van der Waals surface area contributed by atoms with E-state index in [-0.39, 0.29) is 11.7 Å². The van der Waals surface area contributed by atoms with Gasteiger partial charge in [0.2, 0.25) is 0 Å². The van der Waals surface area contributed by atoms with Crippen LogP contribution in [-0.2, 0) is 4.79 Å². The fourth-order valence-electron chi connectivity index (χ4n) is 1.97. The number of nitrogens with one attached hydrogen (secondary N) is 1. The van der Waals surface area contributed by atoms with E-state index < -0.39 is 0 Å². The number of fused-ring (bicyclic) bond motifs is 1. The molecule has 0 unspecified atom stereocenters. The molecule has 1 amide bonds. The number of carbonyl (C=O) groups excluding carboxylic acids is 2. The van der Waals surface area contributed by atoms with Crippen molar-refractivity contribution in [3.8, 4) is 0 Å². The summed E-state index contributed by atoms with van der Waals surface area (Å²) in [5, 5.41) is 2.81. The number of allylic oxidation sites excluding steroid dienone is 1. The Kier molecular flexibility index (Phi) is 2.95. The highest BCUT2D eigenvalue weighted by atomic mass is 16.2. The van der Waals surface area contributed by atoms with Crippen LogP contribution in [0.25, 0.3) is 5.57 Å². The van der Waals surface area contributed by atoms with E-state index in [4.69, 9.17) is 0 Å². The predicted octanol–water partition coefficient (Wildman–Crippen LogP) is 2.13. The summed E-state index contributed by atoms with van der Waals surface area (Å²) >= 11 is 0. The van der Waals surface area contributed by atoms with Crippen molar-refractivity contribution in [1.29, 1.82) is 0 Å². The van der Waals surface area contributed by atoms with Crippen molar-refractivity contribution in [3.05, 3.63) is 35.0 Å². The van der Waals surface area contributed by atoms with Crippen LogP contribution in [0.1, 0.15) is 29.8 Å². The van der Waals surface area contributed by atoms with Crippen molar-refractivity contribution in [2.24, 2.45) is 0 Å². The summed E-state index contributed by atoms with van der Waals surface area (Å²) in [7, 11) is 3.78. The first-order chi connectivity index (χ1) is 8.41. The molecule has 18 heavy (non-hydrogen) atoms. The molecular weight excluding hydrogens is 228 g/mol. The van der Waals surface area contributed by atoms with Crippen molar-refractivity contribution < 1.29 is 9.59 Å². The van der Waals surface area contributed by atoms with E-state index in [0.29, 0.717) is 11.1 Å². The second-order valence-corrected chi connectivity index (χ2v) is 4.63. The SMILES string of the molecule is CC(=O)c1ccc2c(c1)/C(=C(\C)N(C)C)C(=O)N2. The number of ketones is 1. The second kappa shape index (κ2) is 4.29. The molecule has 0 radical (unpaired) electrons. The zero-order chi connectivity index (χ0) is 13.4. The van der Waals surface area contributed by atoms with Crippen molar-refractivity contribution >= 4 is 23.0 Å². The predicted molar refractivity (Wildman–Crippen MR) is 71.4 cm³/mol. The smallest absolute Gasteiger partial charge is 0.258 e. The molecule has 0 aromatic heterocycles. The number of amides is 1.